The molecule has 3 heteroatoms. The van der Waals surface area contributed by atoms with Gasteiger partial charge in [0.15, 0.2) is 0 Å². The molecule has 0 radical (unpaired) electrons. The number of hydrogen-bond acceptors (Lipinski definition) is 1. The number of fused-ring (bicyclic) bond motifs is 1. The summed E-state index contributed by atoms with van der Waals surface area (Å²) >= 11 is 0. The van der Waals surface area contributed by atoms with Gasteiger partial charge in [0.05, 0.1) is 0 Å². The molecule has 1 atom stereocenters. The van der Waals surface area contributed by atoms with Crippen LogP contribution in [0.15, 0.2) is 24.3 Å². The van der Waals surface area contributed by atoms with Crippen molar-refractivity contribution in [1.29, 1.82) is 0 Å². The molecule has 2 N–H and O–H groups in total. The molecular weight excluding hydrogens is 212 g/mol. The number of amides is 1. The summed E-state index contributed by atoms with van der Waals surface area (Å²) in [4.78, 5) is 15.1. The molecule has 1 aromatic heterocycles. The number of H-pyrrole nitrogens is 1. The van der Waals surface area contributed by atoms with E-state index in [9.17, 15) is 4.79 Å². The van der Waals surface area contributed by atoms with Gasteiger partial charge in [0.1, 0.15) is 5.69 Å². The fourth-order valence-electron chi connectivity index (χ4n) is 1.83. The number of aromatic amines is 1. The van der Waals surface area contributed by atoms with Crippen LogP contribution in [0, 0.1) is 6.92 Å². The first-order valence-electron chi connectivity index (χ1n) is 6.01. The number of rotatable bonds is 3. The lowest BCUT2D eigenvalue weighted by molar-refractivity contribution is 0.0935. The Morgan fingerprint density at radius 1 is 1.47 bits per heavy atom. The average molecular weight is 230 g/mol. The van der Waals surface area contributed by atoms with Crippen LogP contribution in [0.4, 0.5) is 0 Å². The fourth-order valence-corrected chi connectivity index (χ4v) is 1.83. The molecule has 1 unspecified atom stereocenters. The second-order valence-corrected chi connectivity index (χ2v) is 4.50. The first-order valence-corrected chi connectivity index (χ1v) is 6.01. The van der Waals surface area contributed by atoms with Gasteiger partial charge in [-0.15, -0.1) is 0 Å². The zero-order valence-corrected chi connectivity index (χ0v) is 10.5. The van der Waals surface area contributed by atoms with Crippen LogP contribution < -0.4 is 5.32 Å². The normalized spacial score (nSPS) is 12.6. The van der Waals surface area contributed by atoms with Crippen molar-refractivity contribution in [2.75, 3.05) is 0 Å². The van der Waals surface area contributed by atoms with E-state index in [2.05, 4.69) is 17.2 Å². The van der Waals surface area contributed by atoms with Crippen LogP contribution in [0.1, 0.15) is 36.3 Å². The third kappa shape index (κ3) is 2.33. The van der Waals surface area contributed by atoms with Crippen molar-refractivity contribution in [3.63, 3.8) is 0 Å². The zero-order valence-electron chi connectivity index (χ0n) is 10.5. The van der Waals surface area contributed by atoms with Crippen LogP contribution >= 0.6 is 0 Å². The van der Waals surface area contributed by atoms with Gasteiger partial charge in [0, 0.05) is 16.9 Å². The minimum atomic E-state index is -0.0325. The fraction of sp³-hybridized carbons (Fsp3) is 0.357. The number of aromatic nitrogens is 1. The van der Waals surface area contributed by atoms with Gasteiger partial charge in [0.25, 0.3) is 5.91 Å². The number of aryl methyl sites for hydroxylation is 1. The summed E-state index contributed by atoms with van der Waals surface area (Å²) in [5.74, 6) is -0.0325. The maximum atomic E-state index is 12.0. The number of benzene rings is 1. The lowest BCUT2D eigenvalue weighted by Crippen LogP contribution is -2.32. The molecule has 0 aliphatic rings. The first kappa shape index (κ1) is 11.7. The van der Waals surface area contributed by atoms with Crippen LogP contribution in [-0.2, 0) is 0 Å². The van der Waals surface area contributed by atoms with Crippen LogP contribution in [0.5, 0.6) is 0 Å². The van der Waals surface area contributed by atoms with Crippen molar-refractivity contribution in [1.82, 2.24) is 10.3 Å². The molecule has 0 saturated heterocycles. The van der Waals surface area contributed by atoms with Gasteiger partial charge in [-0.1, -0.05) is 19.1 Å². The highest BCUT2D eigenvalue weighted by Gasteiger charge is 2.11. The van der Waals surface area contributed by atoms with E-state index < -0.39 is 0 Å². The summed E-state index contributed by atoms with van der Waals surface area (Å²) in [5, 5.41) is 4.07. The molecule has 0 bridgehead atoms. The molecule has 1 heterocycles. The zero-order chi connectivity index (χ0) is 12.4. The molecule has 0 spiro atoms. The van der Waals surface area contributed by atoms with Crippen molar-refractivity contribution in [2.24, 2.45) is 0 Å². The molecule has 0 saturated carbocycles. The van der Waals surface area contributed by atoms with Crippen molar-refractivity contribution in [2.45, 2.75) is 33.2 Å². The standard InChI is InChI=1S/C14H18N2O/c1-4-10(3)15-14(17)13-8-11-9(2)6-5-7-12(11)16-13/h5-8,10,16H,4H2,1-3H3,(H,15,17). The second-order valence-electron chi connectivity index (χ2n) is 4.50. The molecule has 17 heavy (non-hydrogen) atoms. The summed E-state index contributed by atoms with van der Waals surface area (Å²) in [6.07, 6.45) is 0.936. The van der Waals surface area contributed by atoms with Gasteiger partial charge < -0.3 is 10.3 Å². The largest absolute Gasteiger partial charge is 0.351 e. The van der Waals surface area contributed by atoms with E-state index in [-0.39, 0.29) is 11.9 Å². The number of hydrogen-bond donors (Lipinski definition) is 2. The van der Waals surface area contributed by atoms with Gasteiger partial charge in [-0.25, -0.2) is 0 Å². The van der Waals surface area contributed by atoms with Crippen molar-refractivity contribution in [3.05, 3.63) is 35.5 Å². The van der Waals surface area contributed by atoms with Crippen molar-refractivity contribution >= 4 is 16.8 Å². The quantitative estimate of drug-likeness (QED) is 0.836. The summed E-state index contributed by atoms with van der Waals surface area (Å²) in [5.41, 5.74) is 2.83. The maximum Gasteiger partial charge on any atom is 0.267 e. The van der Waals surface area contributed by atoms with Crippen LogP contribution in [0.25, 0.3) is 10.9 Å². The molecule has 2 aromatic rings. The van der Waals surface area contributed by atoms with E-state index in [0.717, 1.165) is 17.3 Å². The Morgan fingerprint density at radius 3 is 2.88 bits per heavy atom. The van der Waals surface area contributed by atoms with E-state index >= 15 is 0 Å². The lowest BCUT2D eigenvalue weighted by Gasteiger charge is -2.09. The van der Waals surface area contributed by atoms with Crippen molar-refractivity contribution < 1.29 is 4.79 Å². The van der Waals surface area contributed by atoms with Gasteiger partial charge in [-0.2, -0.15) is 0 Å². The maximum absolute atomic E-state index is 12.0. The first-order chi connectivity index (χ1) is 8.11. The average Bonchev–Trinajstić information content (AvgIpc) is 2.74. The SMILES string of the molecule is CCC(C)NC(=O)c1cc2c(C)cccc2[nH]1. The molecular formula is C14H18N2O. The van der Waals surface area contributed by atoms with Gasteiger partial charge in [0.2, 0.25) is 0 Å². The Morgan fingerprint density at radius 2 is 2.24 bits per heavy atom. The van der Waals surface area contributed by atoms with Crippen LogP contribution in [0.3, 0.4) is 0 Å². The van der Waals surface area contributed by atoms with E-state index in [1.165, 1.54) is 5.56 Å². The highest BCUT2D eigenvalue weighted by molar-refractivity contribution is 5.98. The Labute approximate surface area is 101 Å². The summed E-state index contributed by atoms with van der Waals surface area (Å²) in [6, 6.07) is 8.15. The monoisotopic (exact) mass is 230 g/mol. The molecule has 1 amide bonds. The highest BCUT2D eigenvalue weighted by atomic mass is 16.1. The highest BCUT2D eigenvalue weighted by Crippen LogP contribution is 2.19. The smallest absolute Gasteiger partial charge is 0.267 e. The summed E-state index contributed by atoms with van der Waals surface area (Å²) in [6.45, 7) is 6.11. The second kappa shape index (κ2) is 4.62. The molecule has 0 aliphatic carbocycles. The molecule has 0 fully saturated rings. The van der Waals surface area contributed by atoms with Gasteiger partial charge in [-0.3, -0.25) is 4.79 Å². The van der Waals surface area contributed by atoms with E-state index in [4.69, 9.17) is 0 Å². The molecule has 0 aliphatic heterocycles. The van der Waals surface area contributed by atoms with Crippen LogP contribution in [-0.4, -0.2) is 16.9 Å². The van der Waals surface area contributed by atoms with Crippen LogP contribution in [0.2, 0.25) is 0 Å². The number of carbonyl (C=O) groups excluding carboxylic acids is 1. The minimum Gasteiger partial charge on any atom is -0.351 e. The van der Waals surface area contributed by atoms with Crippen molar-refractivity contribution in [3.8, 4) is 0 Å². The van der Waals surface area contributed by atoms with E-state index in [0.29, 0.717) is 5.69 Å². The number of carbonyl (C=O) groups is 1. The predicted molar refractivity (Wildman–Crippen MR) is 70.3 cm³/mol. The molecule has 3 nitrogen and oxygen atoms in total. The van der Waals surface area contributed by atoms with Gasteiger partial charge >= 0.3 is 0 Å². The molecule has 90 valence electrons. The predicted octanol–water partition coefficient (Wildman–Crippen LogP) is 3.00. The molecule has 2 rings (SSSR count). The third-order valence-electron chi connectivity index (χ3n) is 3.12. The van der Waals surface area contributed by atoms with E-state index in [1.54, 1.807) is 0 Å². The Balaban J connectivity index is 2.30. The Kier molecular flexibility index (Phi) is 3.18. The summed E-state index contributed by atoms with van der Waals surface area (Å²) in [7, 11) is 0. The van der Waals surface area contributed by atoms with Gasteiger partial charge in [-0.05, 0) is 38.0 Å². The lowest BCUT2D eigenvalue weighted by atomic mass is 10.1. The topological polar surface area (TPSA) is 44.9 Å². The summed E-state index contributed by atoms with van der Waals surface area (Å²) < 4.78 is 0. The Bertz CT molecular complexity index is 542. The molecule has 1 aromatic carbocycles. The minimum absolute atomic E-state index is 0.0325. The third-order valence-corrected chi connectivity index (χ3v) is 3.12. The van der Waals surface area contributed by atoms with E-state index in [1.807, 2.05) is 38.1 Å². The Hall–Kier alpha value is -1.77. The number of nitrogens with one attached hydrogen (secondary N) is 2.